The Labute approximate surface area is 70.5 Å². The van der Waals surface area contributed by atoms with Crippen LogP contribution in [0.1, 0.15) is 0 Å². The molecule has 1 atom stereocenters. The molecule has 0 saturated carbocycles. The van der Waals surface area contributed by atoms with Crippen LogP contribution in [-0.2, 0) is 4.79 Å². The van der Waals surface area contributed by atoms with Crippen LogP contribution in [0.15, 0.2) is 12.7 Å². The van der Waals surface area contributed by atoms with E-state index in [0.29, 0.717) is 5.06 Å². The van der Waals surface area contributed by atoms with E-state index in [1.54, 1.807) is 0 Å². The average Bonchev–Trinajstić information content (AvgIpc) is 1.88. The van der Waals surface area contributed by atoms with Crippen molar-refractivity contribution in [2.45, 2.75) is 6.04 Å². The number of carboxylic acid groups (broad SMARTS) is 1. The molecule has 2 N–H and O–H groups in total. The smallest absolute Gasteiger partial charge is 0.324 e. The number of nitrogens with zero attached hydrogens (tertiary/aromatic N) is 1. The largest absolute Gasteiger partial charge is 0.480 e. The fourth-order valence-electron chi connectivity index (χ4n) is 0.559. The number of hydrogen-bond donors (Lipinski definition) is 3. The Kier molecular flexibility index (Phi) is 4.93. The quantitative estimate of drug-likeness (QED) is 0.320. The van der Waals surface area contributed by atoms with Gasteiger partial charge in [0, 0.05) is 12.3 Å². The third-order valence-corrected chi connectivity index (χ3v) is 1.48. The first-order valence-corrected chi connectivity index (χ1v) is 3.66. The number of carbonyl (C=O) groups is 1. The van der Waals surface area contributed by atoms with E-state index < -0.39 is 12.0 Å². The van der Waals surface area contributed by atoms with Gasteiger partial charge in [0.25, 0.3) is 0 Å². The molecule has 5 heteroatoms. The molecule has 0 aliphatic rings. The summed E-state index contributed by atoms with van der Waals surface area (Å²) in [6, 6.07) is -0.962. The van der Waals surface area contributed by atoms with Gasteiger partial charge in [0.2, 0.25) is 0 Å². The number of hydroxylamine groups is 2. The molecule has 0 amide bonds. The lowest BCUT2D eigenvalue weighted by molar-refractivity contribution is -0.163. The van der Waals surface area contributed by atoms with Gasteiger partial charge < -0.3 is 10.3 Å². The molecule has 0 aliphatic heterocycles. The first-order valence-electron chi connectivity index (χ1n) is 3.03. The van der Waals surface area contributed by atoms with Gasteiger partial charge in [-0.2, -0.15) is 17.7 Å². The predicted molar refractivity (Wildman–Crippen MR) is 44.0 cm³/mol. The van der Waals surface area contributed by atoms with E-state index >= 15 is 0 Å². The zero-order chi connectivity index (χ0) is 8.85. The molecule has 0 aromatic carbocycles. The van der Waals surface area contributed by atoms with E-state index in [1.807, 2.05) is 0 Å². The summed E-state index contributed by atoms with van der Waals surface area (Å²) in [5, 5.41) is 18.2. The lowest BCUT2D eigenvalue weighted by Gasteiger charge is -2.18. The van der Waals surface area contributed by atoms with E-state index in [1.165, 1.54) is 6.08 Å². The molecule has 0 spiro atoms. The highest BCUT2D eigenvalue weighted by atomic mass is 32.1. The Hall–Kier alpha value is -0.520. The molecule has 0 aromatic rings. The maximum atomic E-state index is 10.4. The summed E-state index contributed by atoms with van der Waals surface area (Å²) in [6.07, 6.45) is 1.42. The lowest BCUT2D eigenvalue weighted by atomic mass is 10.3. The summed E-state index contributed by atoms with van der Waals surface area (Å²) in [4.78, 5) is 10.4. The van der Waals surface area contributed by atoms with Crippen LogP contribution < -0.4 is 0 Å². The van der Waals surface area contributed by atoms with Crippen molar-refractivity contribution in [3.63, 3.8) is 0 Å². The normalized spacial score (nSPS) is 13.0. The molecular formula is C6H11NO3S. The predicted octanol–water partition coefficient (Wildman–Crippen LogP) is 0.247. The summed E-state index contributed by atoms with van der Waals surface area (Å²) >= 11 is 3.77. The van der Waals surface area contributed by atoms with Gasteiger partial charge in [-0.05, 0) is 0 Å². The summed E-state index contributed by atoms with van der Waals surface area (Å²) in [6.45, 7) is 3.48. The maximum Gasteiger partial charge on any atom is 0.324 e. The number of thiol groups is 1. The Morgan fingerprint density at radius 3 is 2.64 bits per heavy atom. The average molecular weight is 177 g/mol. The molecule has 0 radical (unpaired) electrons. The van der Waals surface area contributed by atoms with Crippen LogP contribution in [0, 0.1) is 0 Å². The Morgan fingerprint density at radius 1 is 1.82 bits per heavy atom. The van der Waals surface area contributed by atoms with Gasteiger partial charge in [-0.1, -0.05) is 6.08 Å². The fourth-order valence-corrected chi connectivity index (χ4v) is 0.904. The van der Waals surface area contributed by atoms with Crippen LogP contribution in [0.2, 0.25) is 0 Å². The molecule has 4 nitrogen and oxygen atoms in total. The van der Waals surface area contributed by atoms with E-state index in [4.69, 9.17) is 10.3 Å². The van der Waals surface area contributed by atoms with Crippen LogP contribution >= 0.6 is 12.6 Å². The number of carboxylic acids is 1. The van der Waals surface area contributed by atoms with Gasteiger partial charge in [0.15, 0.2) is 0 Å². The molecule has 0 unspecified atom stereocenters. The van der Waals surface area contributed by atoms with Crippen LogP contribution in [0.4, 0.5) is 0 Å². The van der Waals surface area contributed by atoms with E-state index in [2.05, 4.69) is 19.2 Å². The minimum Gasteiger partial charge on any atom is -0.480 e. The number of rotatable bonds is 5. The zero-order valence-electron chi connectivity index (χ0n) is 5.97. The molecule has 0 aliphatic carbocycles. The topological polar surface area (TPSA) is 60.8 Å². The third kappa shape index (κ3) is 3.41. The van der Waals surface area contributed by atoms with Crippen molar-refractivity contribution in [3.05, 3.63) is 12.7 Å². The number of aliphatic carboxylic acids is 1. The van der Waals surface area contributed by atoms with Crippen LogP contribution in [-0.4, -0.2) is 39.7 Å². The molecule has 11 heavy (non-hydrogen) atoms. The summed E-state index contributed by atoms with van der Waals surface area (Å²) in [5.74, 6) is -1.02. The molecule has 0 rings (SSSR count). The maximum absolute atomic E-state index is 10.4. The molecule has 0 heterocycles. The second-order valence-electron chi connectivity index (χ2n) is 1.95. The van der Waals surface area contributed by atoms with Crippen molar-refractivity contribution < 1.29 is 15.1 Å². The van der Waals surface area contributed by atoms with Gasteiger partial charge in [0.05, 0.1) is 0 Å². The minimum absolute atomic E-state index is 0.0691. The monoisotopic (exact) mass is 177 g/mol. The summed E-state index contributed by atoms with van der Waals surface area (Å²) < 4.78 is 0. The van der Waals surface area contributed by atoms with Gasteiger partial charge in [0.1, 0.15) is 6.04 Å². The highest BCUT2D eigenvalue weighted by Gasteiger charge is 2.21. The van der Waals surface area contributed by atoms with E-state index in [-0.39, 0.29) is 12.3 Å². The summed E-state index contributed by atoms with van der Waals surface area (Å²) in [5.41, 5.74) is 0. The molecule has 0 saturated heterocycles. The van der Waals surface area contributed by atoms with Crippen molar-refractivity contribution in [1.82, 2.24) is 5.06 Å². The van der Waals surface area contributed by atoms with Gasteiger partial charge in [-0.15, -0.1) is 6.58 Å². The second kappa shape index (κ2) is 5.17. The van der Waals surface area contributed by atoms with Gasteiger partial charge >= 0.3 is 5.97 Å². The minimum atomic E-state index is -1.09. The second-order valence-corrected chi connectivity index (χ2v) is 2.31. The van der Waals surface area contributed by atoms with Gasteiger partial charge in [-0.3, -0.25) is 4.79 Å². The molecule has 0 aromatic heterocycles. The first kappa shape index (κ1) is 10.5. The Morgan fingerprint density at radius 2 is 2.36 bits per heavy atom. The van der Waals surface area contributed by atoms with Crippen molar-refractivity contribution in [1.29, 1.82) is 0 Å². The van der Waals surface area contributed by atoms with E-state index in [9.17, 15) is 4.79 Å². The Bertz CT molecular complexity index is 151. The van der Waals surface area contributed by atoms with Gasteiger partial charge in [-0.25, -0.2) is 0 Å². The van der Waals surface area contributed by atoms with Crippen molar-refractivity contribution in [3.8, 4) is 0 Å². The zero-order valence-corrected chi connectivity index (χ0v) is 6.87. The van der Waals surface area contributed by atoms with Crippen LogP contribution in [0.5, 0.6) is 0 Å². The van der Waals surface area contributed by atoms with E-state index in [0.717, 1.165) is 0 Å². The first-order chi connectivity index (χ1) is 5.13. The Balaban J connectivity index is 4.01. The molecule has 64 valence electrons. The molecular weight excluding hydrogens is 166 g/mol. The van der Waals surface area contributed by atoms with Crippen molar-refractivity contribution in [2.24, 2.45) is 0 Å². The van der Waals surface area contributed by atoms with Crippen molar-refractivity contribution >= 4 is 18.6 Å². The number of hydrogen-bond acceptors (Lipinski definition) is 4. The fraction of sp³-hybridized carbons (Fsp3) is 0.500. The van der Waals surface area contributed by atoms with Crippen LogP contribution in [0.3, 0.4) is 0 Å². The highest BCUT2D eigenvalue weighted by Crippen LogP contribution is 1.98. The third-order valence-electron chi connectivity index (χ3n) is 1.13. The highest BCUT2D eigenvalue weighted by molar-refractivity contribution is 7.80. The van der Waals surface area contributed by atoms with Crippen LogP contribution in [0.25, 0.3) is 0 Å². The molecule has 0 bridgehead atoms. The standard InChI is InChI=1S/C6H11NO3S/c1-2-3-7(10)5(4-11)6(8)9/h2,5,10-11H,1,3-4H2,(H,8,9)/t5-/m0/s1. The lowest BCUT2D eigenvalue weighted by Crippen LogP contribution is -2.40. The summed E-state index contributed by atoms with van der Waals surface area (Å²) in [7, 11) is 0. The van der Waals surface area contributed by atoms with Crippen molar-refractivity contribution in [2.75, 3.05) is 12.3 Å². The molecule has 0 fully saturated rings. The SMILES string of the molecule is C=CCN(O)[C@@H](CS)C(=O)O.